The van der Waals surface area contributed by atoms with Gasteiger partial charge in [-0.2, -0.15) is 0 Å². The van der Waals surface area contributed by atoms with Gasteiger partial charge in [-0.3, -0.25) is 24.3 Å². The highest BCUT2D eigenvalue weighted by molar-refractivity contribution is 6.53. The average molecular weight is 542 g/mol. The summed E-state index contributed by atoms with van der Waals surface area (Å²) in [5, 5.41) is 12.5. The number of fused-ring (bicyclic) bond motifs is 5. The fourth-order valence-electron chi connectivity index (χ4n) is 5.89. The number of carbonyl (C=O) groups is 3. The molecule has 0 saturated carbocycles. The van der Waals surface area contributed by atoms with Crippen LogP contribution in [0.4, 0.5) is 0 Å². The second kappa shape index (κ2) is 11.3. The highest BCUT2D eigenvalue weighted by atomic mass is 16.3. The van der Waals surface area contributed by atoms with Crippen LogP contribution in [0.3, 0.4) is 0 Å². The third-order valence-electron chi connectivity index (χ3n) is 8.04. The molecule has 0 aliphatic heterocycles. The lowest BCUT2D eigenvalue weighted by Gasteiger charge is -2.34. The molecule has 0 saturated heterocycles. The molecule has 8 heteroatoms. The highest BCUT2D eigenvalue weighted by Gasteiger charge is 2.40. The van der Waals surface area contributed by atoms with Crippen LogP contribution in [0.1, 0.15) is 75.4 Å². The molecule has 8 nitrogen and oxygen atoms in total. The quantitative estimate of drug-likeness (QED) is 0.307. The van der Waals surface area contributed by atoms with Crippen LogP contribution in [-0.2, 0) is 23.2 Å². The molecule has 0 spiro atoms. The van der Waals surface area contributed by atoms with E-state index in [2.05, 4.69) is 30.2 Å². The minimum Gasteiger partial charge on any atom is -0.459 e. The summed E-state index contributed by atoms with van der Waals surface area (Å²) in [7, 11) is 0. The van der Waals surface area contributed by atoms with E-state index in [0.29, 0.717) is 60.0 Å². The third-order valence-corrected chi connectivity index (χ3v) is 8.04. The summed E-state index contributed by atoms with van der Waals surface area (Å²) in [5.41, 5.74) is 5.05. The van der Waals surface area contributed by atoms with E-state index in [1.54, 1.807) is 31.5 Å². The Hall–Kier alpha value is -3.88. The van der Waals surface area contributed by atoms with Crippen LogP contribution < -0.4 is 5.32 Å². The molecular formula is C32H35N3O5. The SMILES string of the molecule is Cc1c(CN(CCO)CCNC(=O)/C=C/c2cccnc2)oc2c1C(=O)C(=O)c1c-2ccc2c1CCCC2(C)C. The molecule has 2 heterocycles. The first-order chi connectivity index (χ1) is 19.2. The molecule has 0 bridgehead atoms. The zero-order valence-corrected chi connectivity index (χ0v) is 23.3. The largest absolute Gasteiger partial charge is 0.459 e. The molecule has 1 aromatic carbocycles. The summed E-state index contributed by atoms with van der Waals surface area (Å²) in [5.74, 6) is -0.177. The van der Waals surface area contributed by atoms with E-state index in [1.807, 2.05) is 17.0 Å². The van der Waals surface area contributed by atoms with Crippen molar-refractivity contribution >= 4 is 23.5 Å². The van der Waals surface area contributed by atoms with Crippen molar-refractivity contribution in [2.75, 3.05) is 26.2 Å². The number of aliphatic hydroxyl groups is 1. The number of benzene rings is 1. The molecule has 1 amide bonds. The number of ketones is 2. The molecule has 2 N–H and O–H groups in total. The average Bonchev–Trinajstić information content (AvgIpc) is 3.26. The minimum atomic E-state index is -0.520. The Balaban J connectivity index is 1.34. The number of pyridine rings is 1. The number of hydrogen-bond acceptors (Lipinski definition) is 7. The topological polar surface area (TPSA) is 113 Å². The molecule has 40 heavy (non-hydrogen) atoms. The molecule has 0 atom stereocenters. The van der Waals surface area contributed by atoms with Gasteiger partial charge < -0.3 is 14.8 Å². The van der Waals surface area contributed by atoms with Crippen molar-refractivity contribution in [3.63, 3.8) is 0 Å². The van der Waals surface area contributed by atoms with Gasteiger partial charge in [0.05, 0.1) is 18.7 Å². The smallest absolute Gasteiger partial charge is 0.244 e. The lowest BCUT2D eigenvalue weighted by molar-refractivity contribution is -0.116. The fraction of sp³-hybridized carbons (Fsp3) is 0.375. The lowest BCUT2D eigenvalue weighted by Crippen LogP contribution is -2.35. The first-order valence-corrected chi connectivity index (χ1v) is 13.8. The van der Waals surface area contributed by atoms with E-state index in [9.17, 15) is 19.5 Å². The van der Waals surface area contributed by atoms with E-state index in [-0.39, 0.29) is 17.9 Å². The summed E-state index contributed by atoms with van der Waals surface area (Å²) >= 11 is 0. The van der Waals surface area contributed by atoms with Crippen molar-refractivity contribution in [3.8, 4) is 11.3 Å². The number of nitrogens with one attached hydrogen (secondary N) is 1. The monoisotopic (exact) mass is 541 g/mol. The van der Waals surface area contributed by atoms with Gasteiger partial charge in [0.15, 0.2) is 0 Å². The summed E-state index contributed by atoms with van der Waals surface area (Å²) in [6, 6.07) is 7.67. The van der Waals surface area contributed by atoms with Crippen LogP contribution >= 0.6 is 0 Å². The number of carbonyl (C=O) groups excluding carboxylic acids is 3. The van der Waals surface area contributed by atoms with Crippen LogP contribution in [0, 0.1) is 6.92 Å². The second-order valence-corrected chi connectivity index (χ2v) is 11.2. The minimum absolute atomic E-state index is 0.0504. The Morgan fingerprint density at radius 2 is 1.98 bits per heavy atom. The predicted molar refractivity (Wildman–Crippen MR) is 152 cm³/mol. The molecule has 0 radical (unpaired) electrons. The van der Waals surface area contributed by atoms with Crippen LogP contribution in [-0.4, -0.2) is 58.7 Å². The molecule has 2 aliphatic rings. The van der Waals surface area contributed by atoms with Crippen molar-refractivity contribution in [3.05, 3.63) is 81.9 Å². The van der Waals surface area contributed by atoms with Crippen LogP contribution in [0.25, 0.3) is 17.4 Å². The Bertz CT molecular complexity index is 1490. The number of rotatable bonds is 9. The van der Waals surface area contributed by atoms with Crippen LogP contribution in [0.2, 0.25) is 0 Å². The van der Waals surface area contributed by atoms with Crippen molar-refractivity contribution in [1.29, 1.82) is 0 Å². The van der Waals surface area contributed by atoms with E-state index in [4.69, 9.17) is 4.42 Å². The Labute approximate surface area is 234 Å². The molecule has 0 unspecified atom stereocenters. The van der Waals surface area contributed by atoms with Gasteiger partial charge in [0.2, 0.25) is 17.5 Å². The van der Waals surface area contributed by atoms with Crippen molar-refractivity contribution < 1.29 is 23.9 Å². The van der Waals surface area contributed by atoms with Gasteiger partial charge in [-0.15, -0.1) is 0 Å². The third kappa shape index (κ3) is 5.29. The molecule has 3 aromatic rings. The summed E-state index contributed by atoms with van der Waals surface area (Å²) in [6.07, 6.45) is 9.28. The first-order valence-electron chi connectivity index (χ1n) is 13.8. The van der Waals surface area contributed by atoms with Gasteiger partial charge in [-0.1, -0.05) is 32.0 Å². The normalized spacial score (nSPS) is 15.7. The predicted octanol–water partition coefficient (Wildman–Crippen LogP) is 4.27. The van der Waals surface area contributed by atoms with E-state index >= 15 is 0 Å². The van der Waals surface area contributed by atoms with Crippen molar-refractivity contribution in [2.24, 2.45) is 0 Å². The van der Waals surface area contributed by atoms with E-state index in [1.165, 1.54) is 6.08 Å². The maximum Gasteiger partial charge on any atom is 0.244 e. The van der Waals surface area contributed by atoms with E-state index < -0.39 is 11.6 Å². The molecule has 5 rings (SSSR count). The van der Waals surface area contributed by atoms with Crippen LogP contribution in [0.5, 0.6) is 0 Å². The standard InChI is InChI=1S/C32H35N3O5/c1-20-25(19-35(16-17-36)15-14-34-26(37)11-8-21-6-5-13-33-18-21)40-31-23-9-10-24-22(7-4-12-32(24,2)3)28(23)30(39)29(38)27(20)31/h5-6,8-11,13,18,36H,4,7,12,14-17,19H2,1-3H3,(H,34,37)/b11-8+. The summed E-state index contributed by atoms with van der Waals surface area (Å²) in [4.78, 5) is 45.0. The summed E-state index contributed by atoms with van der Waals surface area (Å²) in [6.45, 7) is 7.61. The zero-order chi connectivity index (χ0) is 28.4. The highest BCUT2D eigenvalue weighted by Crippen LogP contribution is 2.45. The van der Waals surface area contributed by atoms with Gasteiger partial charge in [-0.05, 0) is 60.4 Å². The molecular weight excluding hydrogens is 506 g/mol. The molecule has 2 aromatic heterocycles. The number of Topliss-reactive ketones (excluding diaryl/α,β-unsaturated/α-hetero) is 2. The molecule has 208 valence electrons. The van der Waals surface area contributed by atoms with Gasteiger partial charge >= 0.3 is 0 Å². The first kappa shape index (κ1) is 27.7. The number of furan rings is 1. The maximum absolute atomic E-state index is 13.4. The summed E-state index contributed by atoms with van der Waals surface area (Å²) < 4.78 is 6.32. The van der Waals surface area contributed by atoms with Gasteiger partial charge in [0.1, 0.15) is 11.5 Å². The molecule has 0 fully saturated rings. The van der Waals surface area contributed by atoms with Gasteiger partial charge in [0, 0.05) is 54.8 Å². The molecule has 2 aliphatic carbocycles. The number of amides is 1. The Kier molecular flexibility index (Phi) is 7.83. The number of nitrogens with zero attached hydrogens (tertiary/aromatic N) is 2. The van der Waals surface area contributed by atoms with Gasteiger partial charge in [0.25, 0.3) is 0 Å². The van der Waals surface area contributed by atoms with Crippen LogP contribution in [0.15, 0.2) is 47.2 Å². The van der Waals surface area contributed by atoms with E-state index in [0.717, 1.165) is 36.0 Å². The van der Waals surface area contributed by atoms with Crippen molar-refractivity contribution in [1.82, 2.24) is 15.2 Å². The Morgan fingerprint density at radius 3 is 2.73 bits per heavy atom. The number of aliphatic hydroxyl groups excluding tert-OH is 1. The fourth-order valence-corrected chi connectivity index (χ4v) is 5.89. The second-order valence-electron chi connectivity index (χ2n) is 11.2. The zero-order valence-electron chi connectivity index (χ0n) is 23.3. The number of hydrogen-bond donors (Lipinski definition) is 2. The number of aromatic nitrogens is 1. The van der Waals surface area contributed by atoms with Gasteiger partial charge in [-0.25, -0.2) is 0 Å². The maximum atomic E-state index is 13.4. The Morgan fingerprint density at radius 1 is 1.18 bits per heavy atom. The lowest BCUT2D eigenvalue weighted by atomic mass is 9.69. The van der Waals surface area contributed by atoms with Crippen molar-refractivity contribution in [2.45, 2.75) is 52.0 Å².